The lowest BCUT2D eigenvalue weighted by Crippen LogP contribution is -2.21. The zero-order valence-corrected chi connectivity index (χ0v) is 13.8. The summed E-state index contributed by atoms with van der Waals surface area (Å²) in [7, 11) is -5.84. The fraction of sp³-hybridized carbons (Fsp3) is 0.857. The Morgan fingerprint density at radius 3 is 2.00 bits per heavy atom. The molecule has 0 atom stereocenters. The summed E-state index contributed by atoms with van der Waals surface area (Å²) in [6.07, 6.45) is 15.7. The lowest BCUT2D eigenvalue weighted by Gasteiger charge is -2.14. The molecule has 0 radical (unpaired) electrons. The third-order valence-corrected chi connectivity index (χ3v) is 3.83. The maximum atomic E-state index is 10.7. The van der Waals surface area contributed by atoms with Crippen molar-refractivity contribution in [1.82, 2.24) is 4.90 Å². The van der Waals surface area contributed by atoms with Crippen molar-refractivity contribution in [3.63, 3.8) is 0 Å². The molecule has 0 aromatic carbocycles. The highest BCUT2D eigenvalue weighted by atomic mass is 32.2. The highest BCUT2D eigenvalue weighted by Gasteiger charge is 2.44. The minimum absolute atomic E-state index is 1.26. The first-order chi connectivity index (χ1) is 10.2. The second-order valence-corrected chi connectivity index (χ2v) is 6.66. The molecule has 4 nitrogen and oxygen atoms in total. The van der Waals surface area contributed by atoms with Crippen LogP contribution in [0.3, 0.4) is 0 Å². The van der Waals surface area contributed by atoms with Crippen LogP contribution in [-0.4, -0.2) is 36.5 Å². The van der Waals surface area contributed by atoms with Crippen LogP contribution in [0.1, 0.15) is 58.3 Å². The van der Waals surface area contributed by atoms with Crippen molar-refractivity contribution in [2.75, 3.05) is 13.1 Å². The van der Waals surface area contributed by atoms with E-state index in [2.05, 4.69) is 24.1 Å². The van der Waals surface area contributed by atoms with Gasteiger partial charge >= 0.3 is 15.6 Å². The zero-order valence-electron chi connectivity index (χ0n) is 13.0. The van der Waals surface area contributed by atoms with Gasteiger partial charge in [-0.2, -0.15) is 21.6 Å². The molecule has 0 amide bonds. The maximum Gasteiger partial charge on any atom is 0.522 e. The van der Waals surface area contributed by atoms with E-state index in [1.165, 1.54) is 64.5 Å². The summed E-state index contributed by atoms with van der Waals surface area (Å²) in [5.41, 5.74) is -5.53. The standard InChI is InChI=1S/C13H25N.CHF3O3S/c1-2-3-4-5-6-7-8-11-14-12-9-10-13-14;2-1(3,4)8(5,6)7/h9,12H,2-8,10-11,13H2,1H3;(H,5,6,7). The molecule has 22 heavy (non-hydrogen) atoms. The second kappa shape index (κ2) is 10.9. The minimum atomic E-state index is -5.84. The molecule has 0 aliphatic carbocycles. The fourth-order valence-electron chi connectivity index (χ4n) is 2.00. The summed E-state index contributed by atoms with van der Waals surface area (Å²) in [6, 6.07) is 0. The van der Waals surface area contributed by atoms with Crippen LogP contribution >= 0.6 is 0 Å². The molecule has 0 saturated heterocycles. The van der Waals surface area contributed by atoms with Crippen LogP contribution in [0, 0.1) is 0 Å². The molecule has 132 valence electrons. The summed E-state index contributed by atoms with van der Waals surface area (Å²) < 4.78 is 57.5. The van der Waals surface area contributed by atoms with Crippen LogP contribution in [0.15, 0.2) is 12.3 Å². The van der Waals surface area contributed by atoms with Gasteiger partial charge in [0.2, 0.25) is 0 Å². The van der Waals surface area contributed by atoms with Gasteiger partial charge in [-0.3, -0.25) is 4.55 Å². The molecule has 0 unspecified atom stereocenters. The molecule has 1 heterocycles. The summed E-state index contributed by atoms with van der Waals surface area (Å²) >= 11 is 0. The first-order valence-electron chi connectivity index (χ1n) is 7.63. The van der Waals surface area contributed by atoms with Crippen molar-refractivity contribution in [3.05, 3.63) is 12.3 Å². The molecule has 0 fully saturated rings. The lowest BCUT2D eigenvalue weighted by atomic mass is 10.1. The minimum Gasteiger partial charge on any atom is -0.377 e. The fourth-order valence-corrected chi connectivity index (χ4v) is 2.00. The third-order valence-electron chi connectivity index (χ3n) is 3.24. The van der Waals surface area contributed by atoms with Gasteiger partial charge in [0.25, 0.3) is 0 Å². The quantitative estimate of drug-likeness (QED) is 0.404. The average Bonchev–Trinajstić information content (AvgIpc) is 2.89. The maximum absolute atomic E-state index is 10.7. The number of rotatable bonds is 8. The molecule has 1 rings (SSSR count). The number of alkyl halides is 3. The Kier molecular flexibility index (Phi) is 10.5. The first-order valence-corrected chi connectivity index (χ1v) is 9.07. The van der Waals surface area contributed by atoms with E-state index in [9.17, 15) is 13.2 Å². The van der Waals surface area contributed by atoms with Crippen molar-refractivity contribution in [2.24, 2.45) is 0 Å². The monoisotopic (exact) mass is 345 g/mol. The van der Waals surface area contributed by atoms with Gasteiger partial charge in [0.1, 0.15) is 0 Å². The largest absolute Gasteiger partial charge is 0.522 e. The van der Waals surface area contributed by atoms with E-state index in [0.717, 1.165) is 0 Å². The predicted octanol–water partition coefficient (Wildman–Crippen LogP) is 4.35. The van der Waals surface area contributed by atoms with E-state index in [4.69, 9.17) is 13.0 Å². The second-order valence-electron chi connectivity index (χ2n) is 5.25. The van der Waals surface area contributed by atoms with Gasteiger partial charge in [-0.1, -0.05) is 51.5 Å². The van der Waals surface area contributed by atoms with Crippen molar-refractivity contribution in [3.8, 4) is 0 Å². The van der Waals surface area contributed by atoms with Gasteiger partial charge in [0, 0.05) is 13.1 Å². The average molecular weight is 345 g/mol. The van der Waals surface area contributed by atoms with Gasteiger partial charge in [0.15, 0.2) is 0 Å². The van der Waals surface area contributed by atoms with E-state index >= 15 is 0 Å². The predicted molar refractivity (Wildman–Crippen MR) is 80.9 cm³/mol. The van der Waals surface area contributed by atoms with Crippen molar-refractivity contribution in [2.45, 2.75) is 63.8 Å². The van der Waals surface area contributed by atoms with E-state index in [1.807, 2.05) is 0 Å². The molecular weight excluding hydrogens is 319 g/mol. The zero-order chi connectivity index (χ0) is 17.1. The number of hydrogen-bond acceptors (Lipinski definition) is 3. The molecule has 1 N–H and O–H groups in total. The molecule has 0 aromatic rings. The van der Waals surface area contributed by atoms with Gasteiger partial charge in [-0.05, 0) is 19.0 Å². The Morgan fingerprint density at radius 2 is 1.59 bits per heavy atom. The lowest BCUT2D eigenvalue weighted by molar-refractivity contribution is -0.0510. The highest BCUT2D eigenvalue weighted by molar-refractivity contribution is 7.86. The number of hydrogen-bond donors (Lipinski definition) is 1. The first kappa shape index (κ1) is 21.2. The van der Waals surface area contributed by atoms with Crippen molar-refractivity contribution >= 4 is 10.1 Å². The molecule has 0 saturated carbocycles. The van der Waals surface area contributed by atoms with Crippen LogP contribution in [-0.2, 0) is 10.1 Å². The molecule has 0 bridgehead atoms. The van der Waals surface area contributed by atoms with E-state index in [-0.39, 0.29) is 0 Å². The SMILES string of the molecule is CCCCCCCCCN1C=CCC1.O=S(=O)(O)C(F)(F)F. The number of nitrogens with zero attached hydrogens (tertiary/aromatic N) is 1. The molecule has 8 heteroatoms. The highest BCUT2D eigenvalue weighted by Crippen LogP contribution is 2.20. The Morgan fingerprint density at radius 1 is 1.09 bits per heavy atom. The topological polar surface area (TPSA) is 57.6 Å². The van der Waals surface area contributed by atoms with Crippen LogP contribution < -0.4 is 0 Å². The molecule has 0 aromatic heterocycles. The summed E-state index contributed by atoms with van der Waals surface area (Å²) in [4.78, 5) is 2.45. The third kappa shape index (κ3) is 10.9. The van der Waals surface area contributed by atoms with Gasteiger partial charge in [0.05, 0.1) is 0 Å². The normalized spacial score (nSPS) is 14.9. The molecule has 0 spiro atoms. The van der Waals surface area contributed by atoms with E-state index < -0.39 is 15.6 Å². The summed E-state index contributed by atoms with van der Waals surface area (Å²) in [5.74, 6) is 0. The van der Waals surface area contributed by atoms with Gasteiger partial charge in [-0.25, -0.2) is 0 Å². The van der Waals surface area contributed by atoms with Gasteiger partial charge in [-0.15, -0.1) is 0 Å². The van der Waals surface area contributed by atoms with Gasteiger partial charge < -0.3 is 4.90 Å². The Labute approximate surface area is 131 Å². The van der Waals surface area contributed by atoms with Crippen LogP contribution in [0.2, 0.25) is 0 Å². The Hall–Kier alpha value is -0.760. The molecule has 1 aliphatic rings. The van der Waals surface area contributed by atoms with Crippen LogP contribution in [0.4, 0.5) is 13.2 Å². The Bertz CT molecular complexity index is 408. The summed E-state index contributed by atoms with van der Waals surface area (Å²) in [6.45, 7) is 4.82. The molecular formula is C14H26F3NO3S. The van der Waals surface area contributed by atoms with Crippen molar-refractivity contribution in [1.29, 1.82) is 0 Å². The van der Waals surface area contributed by atoms with Crippen LogP contribution in [0.5, 0.6) is 0 Å². The molecule has 1 aliphatic heterocycles. The number of unbranched alkanes of at least 4 members (excludes halogenated alkanes) is 6. The Balaban J connectivity index is 0.000000472. The van der Waals surface area contributed by atoms with Crippen LogP contribution in [0.25, 0.3) is 0 Å². The smallest absolute Gasteiger partial charge is 0.377 e. The van der Waals surface area contributed by atoms with E-state index in [0.29, 0.717) is 0 Å². The van der Waals surface area contributed by atoms with Crippen molar-refractivity contribution < 1.29 is 26.1 Å². The number of halogens is 3. The van der Waals surface area contributed by atoms with E-state index in [1.54, 1.807) is 0 Å². The summed E-state index contributed by atoms with van der Waals surface area (Å²) in [5, 5.41) is 0.